The Morgan fingerprint density at radius 1 is 0.293 bits per heavy atom. The van der Waals surface area contributed by atoms with Gasteiger partial charge >= 0.3 is 39.5 Å². The zero-order valence-corrected chi connectivity index (χ0v) is 61.6. The van der Waals surface area contributed by atoms with Gasteiger partial charge in [-0.15, -0.1) is 0 Å². The molecule has 17 nitrogen and oxygen atoms in total. The molecule has 0 aromatic rings. The van der Waals surface area contributed by atoms with Crippen LogP contribution in [0.1, 0.15) is 375 Å². The van der Waals surface area contributed by atoms with Gasteiger partial charge < -0.3 is 33.8 Å². The Hall–Kier alpha value is -1.94. The van der Waals surface area contributed by atoms with Crippen molar-refractivity contribution < 1.29 is 80.2 Å². The molecule has 0 radical (unpaired) electrons. The molecule has 0 bridgehead atoms. The van der Waals surface area contributed by atoms with Crippen molar-refractivity contribution >= 4 is 39.5 Å². The van der Waals surface area contributed by atoms with Crippen LogP contribution in [0.15, 0.2) is 0 Å². The van der Waals surface area contributed by atoms with Crippen molar-refractivity contribution in [3.63, 3.8) is 0 Å². The average Bonchev–Trinajstić information content (AvgIpc) is 2.46. The van der Waals surface area contributed by atoms with E-state index in [2.05, 4.69) is 41.5 Å². The van der Waals surface area contributed by atoms with Gasteiger partial charge in [-0.3, -0.25) is 37.3 Å². The maximum atomic E-state index is 13.1. The van der Waals surface area contributed by atoms with E-state index < -0.39 is 97.5 Å². The van der Waals surface area contributed by atoms with Crippen molar-refractivity contribution in [1.29, 1.82) is 0 Å². The topological polar surface area (TPSA) is 237 Å². The Kier molecular flexibility index (Phi) is 63.7. The lowest BCUT2D eigenvalue weighted by atomic mass is 10.0. The molecule has 0 saturated carbocycles. The van der Waals surface area contributed by atoms with Gasteiger partial charge in [0.2, 0.25) is 0 Å². The maximum Gasteiger partial charge on any atom is 0.472 e. The molecule has 19 heteroatoms. The van der Waals surface area contributed by atoms with Crippen molar-refractivity contribution in [2.24, 2.45) is 11.8 Å². The molecule has 0 heterocycles. The second-order valence-corrected chi connectivity index (χ2v) is 30.2. The molecule has 5 atom stereocenters. The van der Waals surface area contributed by atoms with Crippen LogP contribution in [-0.4, -0.2) is 96.7 Å². The van der Waals surface area contributed by atoms with Gasteiger partial charge in [-0.05, 0) is 37.5 Å². The second kappa shape index (κ2) is 65.0. The molecule has 0 aromatic carbocycles. The van der Waals surface area contributed by atoms with Gasteiger partial charge in [-0.1, -0.05) is 324 Å². The fourth-order valence-electron chi connectivity index (χ4n) is 11.1. The van der Waals surface area contributed by atoms with Gasteiger partial charge in [-0.25, -0.2) is 9.13 Å². The van der Waals surface area contributed by atoms with Crippen LogP contribution in [-0.2, 0) is 65.4 Å². The van der Waals surface area contributed by atoms with Crippen LogP contribution in [0.4, 0.5) is 0 Å². The van der Waals surface area contributed by atoms with Crippen molar-refractivity contribution in [2.75, 3.05) is 39.6 Å². The summed E-state index contributed by atoms with van der Waals surface area (Å²) < 4.78 is 68.3. The van der Waals surface area contributed by atoms with Crippen LogP contribution in [0.25, 0.3) is 0 Å². The summed E-state index contributed by atoms with van der Waals surface area (Å²) in [6.45, 7) is 9.51. The van der Waals surface area contributed by atoms with E-state index in [4.69, 9.17) is 37.0 Å². The molecular formula is C73H142O17P2. The molecular weight excluding hydrogens is 1210 g/mol. The number of carbonyl (C=O) groups excluding carboxylic acids is 4. The highest BCUT2D eigenvalue weighted by atomic mass is 31.2. The SMILES string of the molecule is CCCCCCCCCCCCCCCCCCC(=O)OC[C@H](COP(=O)(O)OC[C@@H](O)COP(=O)(O)OC[C@@H](COC(=O)CCCCCCCCCC)OC(=O)CCCCCCCCCC(C)C)OC(=O)CCCCCCCCCCCCCCCCCC(C)C. The van der Waals surface area contributed by atoms with Gasteiger partial charge in [0.1, 0.15) is 19.3 Å². The van der Waals surface area contributed by atoms with Crippen LogP contribution < -0.4 is 0 Å². The van der Waals surface area contributed by atoms with E-state index in [0.717, 1.165) is 102 Å². The quantitative estimate of drug-likeness (QED) is 0.0222. The van der Waals surface area contributed by atoms with Gasteiger partial charge in [0, 0.05) is 25.7 Å². The lowest BCUT2D eigenvalue weighted by Crippen LogP contribution is -2.30. The molecule has 546 valence electrons. The molecule has 92 heavy (non-hydrogen) atoms. The number of aliphatic hydroxyl groups is 1. The lowest BCUT2D eigenvalue weighted by Gasteiger charge is -2.21. The van der Waals surface area contributed by atoms with Gasteiger partial charge in [0.25, 0.3) is 0 Å². The Balaban J connectivity index is 5.20. The van der Waals surface area contributed by atoms with E-state index in [0.29, 0.717) is 31.6 Å². The Bertz CT molecular complexity index is 1790. The van der Waals surface area contributed by atoms with Gasteiger partial charge in [0.15, 0.2) is 12.2 Å². The molecule has 0 aliphatic carbocycles. The van der Waals surface area contributed by atoms with Crippen LogP contribution >= 0.6 is 15.6 Å². The van der Waals surface area contributed by atoms with E-state index in [1.165, 1.54) is 186 Å². The molecule has 0 aromatic heterocycles. The number of ether oxygens (including phenoxy) is 4. The maximum absolute atomic E-state index is 13.1. The number of rotatable bonds is 72. The summed E-state index contributed by atoms with van der Waals surface area (Å²) in [5.74, 6) is -0.625. The van der Waals surface area contributed by atoms with Crippen molar-refractivity contribution in [3.05, 3.63) is 0 Å². The lowest BCUT2D eigenvalue weighted by molar-refractivity contribution is -0.161. The third-order valence-electron chi connectivity index (χ3n) is 17.0. The normalized spacial score (nSPS) is 14.1. The first kappa shape index (κ1) is 90.1. The summed E-state index contributed by atoms with van der Waals surface area (Å²) >= 11 is 0. The Labute approximate surface area is 562 Å². The van der Waals surface area contributed by atoms with E-state index >= 15 is 0 Å². The highest BCUT2D eigenvalue weighted by molar-refractivity contribution is 7.47. The van der Waals surface area contributed by atoms with Crippen molar-refractivity contribution in [1.82, 2.24) is 0 Å². The summed E-state index contributed by atoms with van der Waals surface area (Å²) in [4.78, 5) is 72.5. The number of hydrogen-bond acceptors (Lipinski definition) is 15. The minimum absolute atomic E-state index is 0.103. The smallest absolute Gasteiger partial charge is 0.462 e. The summed E-state index contributed by atoms with van der Waals surface area (Å²) in [5, 5.41) is 10.6. The number of hydrogen-bond donors (Lipinski definition) is 3. The largest absolute Gasteiger partial charge is 0.472 e. The zero-order valence-electron chi connectivity index (χ0n) is 59.9. The number of carbonyl (C=O) groups is 4. The Morgan fingerprint density at radius 3 is 0.739 bits per heavy atom. The molecule has 0 spiro atoms. The van der Waals surface area contributed by atoms with Gasteiger partial charge in [-0.2, -0.15) is 0 Å². The fourth-order valence-corrected chi connectivity index (χ4v) is 12.7. The van der Waals surface area contributed by atoms with E-state index in [1.807, 2.05) is 0 Å². The monoisotopic (exact) mass is 1350 g/mol. The van der Waals surface area contributed by atoms with Gasteiger partial charge in [0.05, 0.1) is 26.4 Å². The summed E-state index contributed by atoms with van der Waals surface area (Å²) in [6, 6.07) is 0. The number of unbranched alkanes of at least 4 members (excludes halogenated alkanes) is 42. The number of esters is 4. The number of phosphoric ester groups is 2. The molecule has 0 aliphatic rings. The first-order chi connectivity index (χ1) is 44.4. The van der Waals surface area contributed by atoms with E-state index in [1.54, 1.807) is 0 Å². The van der Waals surface area contributed by atoms with Crippen molar-refractivity contribution in [3.8, 4) is 0 Å². The average molecular weight is 1350 g/mol. The molecule has 0 amide bonds. The van der Waals surface area contributed by atoms with Crippen LogP contribution in [0.3, 0.4) is 0 Å². The second-order valence-electron chi connectivity index (χ2n) is 27.3. The van der Waals surface area contributed by atoms with Crippen molar-refractivity contribution in [2.45, 2.75) is 394 Å². The molecule has 0 fully saturated rings. The highest BCUT2D eigenvalue weighted by Gasteiger charge is 2.30. The van der Waals surface area contributed by atoms with Crippen LogP contribution in [0.2, 0.25) is 0 Å². The number of phosphoric acid groups is 2. The first-order valence-corrected chi connectivity index (χ1v) is 41.0. The molecule has 0 rings (SSSR count). The number of aliphatic hydroxyl groups excluding tert-OH is 1. The Morgan fingerprint density at radius 2 is 0.500 bits per heavy atom. The third-order valence-corrected chi connectivity index (χ3v) is 18.9. The minimum atomic E-state index is -4.95. The minimum Gasteiger partial charge on any atom is -0.462 e. The molecule has 0 aliphatic heterocycles. The van der Waals surface area contributed by atoms with Crippen LogP contribution in [0.5, 0.6) is 0 Å². The highest BCUT2D eigenvalue weighted by Crippen LogP contribution is 2.45. The summed E-state index contributed by atoms with van der Waals surface area (Å²) in [5.41, 5.74) is 0. The standard InChI is InChI=1S/C73H142O17P2/c1-7-9-11-13-15-17-18-19-20-23-26-29-32-38-44-50-56-71(76)84-62-68(89-72(77)57-51-45-39-33-30-27-24-21-22-25-28-31-35-41-47-53-65(3)4)63-87-91(79,80)85-59-67(74)60-86-92(81,82)88-64-69(61-83-70(75)55-49-43-37-16-14-12-10-8-2)90-73(78)58-52-46-40-34-36-42-48-54-66(5)6/h65-69,74H,7-64H2,1-6H3,(H,79,80)(H,81,82)/t67-,68-,69-/m1/s1. The summed E-state index contributed by atoms with van der Waals surface area (Å²) in [6.07, 6.45) is 51.5. The van der Waals surface area contributed by atoms with Crippen LogP contribution in [0, 0.1) is 11.8 Å². The molecule has 2 unspecified atom stereocenters. The van der Waals surface area contributed by atoms with E-state index in [9.17, 15) is 43.2 Å². The third kappa shape index (κ3) is 66.7. The zero-order chi connectivity index (χ0) is 67.9. The summed E-state index contributed by atoms with van der Waals surface area (Å²) in [7, 11) is -9.90. The predicted octanol–water partition coefficient (Wildman–Crippen LogP) is 21.2. The first-order valence-electron chi connectivity index (χ1n) is 38.0. The predicted molar refractivity (Wildman–Crippen MR) is 372 cm³/mol. The fraction of sp³-hybridized carbons (Fsp3) is 0.945. The molecule has 3 N–H and O–H groups in total. The molecule has 0 saturated heterocycles. The van der Waals surface area contributed by atoms with E-state index in [-0.39, 0.29) is 25.7 Å².